The Morgan fingerprint density at radius 3 is 2.42 bits per heavy atom. The Kier molecular flexibility index (Phi) is 6.72. The van der Waals surface area contributed by atoms with Gasteiger partial charge in [0.1, 0.15) is 15.9 Å². The third-order valence-electron chi connectivity index (χ3n) is 4.74. The standard InChI is InChI=1S/C17H18N4O2S.C2HF3O2/c22-16-15-14(13(20-24-15)12-4-2-1-3-5-12)19-11-21(16)10-17(23)6-8-18-9-7-17;3-2(4,5)1(6)7/h1-5,11,18,23H,6-10H2;(H,6,7). The third kappa shape index (κ3) is 5.46. The highest BCUT2D eigenvalue weighted by atomic mass is 32.1. The van der Waals surface area contributed by atoms with E-state index in [9.17, 15) is 23.1 Å². The summed E-state index contributed by atoms with van der Waals surface area (Å²) in [5.74, 6) is -2.76. The molecule has 1 aromatic carbocycles. The van der Waals surface area contributed by atoms with E-state index in [1.807, 2.05) is 30.3 Å². The first-order chi connectivity index (χ1) is 14.6. The average molecular weight is 456 g/mol. The Bertz CT molecular complexity index is 1110. The maximum atomic E-state index is 12.8. The van der Waals surface area contributed by atoms with Crippen molar-refractivity contribution in [3.8, 4) is 11.3 Å². The van der Waals surface area contributed by atoms with Crippen LogP contribution >= 0.6 is 11.5 Å². The van der Waals surface area contributed by atoms with Gasteiger partial charge < -0.3 is 15.5 Å². The van der Waals surface area contributed by atoms with Crippen molar-refractivity contribution in [3.63, 3.8) is 0 Å². The number of aliphatic carboxylic acids is 1. The number of nitrogens with one attached hydrogen (secondary N) is 1. The van der Waals surface area contributed by atoms with E-state index >= 15 is 0 Å². The number of piperidine rings is 1. The van der Waals surface area contributed by atoms with E-state index in [4.69, 9.17) is 9.90 Å². The smallest absolute Gasteiger partial charge is 0.475 e. The molecular weight excluding hydrogens is 437 g/mol. The second kappa shape index (κ2) is 9.12. The van der Waals surface area contributed by atoms with Gasteiger partial charge in [0.25, 0.3) is 5.56 Å². The van der Waals surface area contributed by atoms with E-state index in [0.29, 0.717) is 23.1 Å². The Labute approximate surface area is 178 Å². The van der Waals surface area contributed by atoms with E-state index in [0.717, 1.165) is 24.3 Å². The number of fused-ring (bicyclic) bond motifs is 1. The maximum Gasteiger partial charge on any atom is 0.490 e. The van der Waals surface area contributed by atoms with Crippen LogP contribution in [-0.2, 0) is 11.3 Å². The molecule has 3 N–H and O–H groups in total. The summed E-state index contributed by atoms with van der Waals surface area (Å²) in [6.45, 7) is 1.80. The van der Waals surface area contributed by atoms with Crippen LogP contribution in [0.2, 0.25) is 0 Å². The minimum Gasteiger partial charge on any atom is -0.475 e. The van der Waals surface area contributed by atoms with Crippen molar-refractivity contribution in [2.75, 3.05) is 13.1 Å². The molecule has 1 saturated heterocycles. The number of nitrogens with zero attached hydrogens (tertiary/aromatic N) is 3. The van der Waals surface area contributed by atoms with Crippen molar-refractivity contribution >= 4 is 27.7 Å². The number of aromatic nitrogens is 3. The van der Waals surface area contributed by atoms with Crippen LogP contribution in [0.5, 0.6) is 0 Å². The molecule has 0 radical (unpaired) electrons. The molecule has 0 aliphatic carbocycles. The van der Waals surface area contributed by atoms with Gasteiger partial charge in [-0.25, -0.2) is 9.78 Å². The SMILES string of the molecule is O=C(O)C(F)(F)F.O=c1c2snc(-c3ccccc3)c2ncn1CC1(O)CCNCC1. The molecule has 12 heteroatoms. The van der Waals surface area contributed by atoms with Crippen LogP contribution in [0.25, 0.3) is 21.5 Å². The molecule has 2 aromatic heterocycles. The van der Waals surface area contributed by atoms with Gasteiger partial charge in [-0.2, -0.15) is 17.5 Å². The molecule has 31 heavy (non-hydrogen) atoms. The minimum atomic E-state index is -5.08. The number of hydrogen-bond acceptors (Lipinski definition) is 7. The van der Waals surface area contributed by atoms with Crippen LogP contribution in [0, 0.1) is 0 Å². The van der Waals surface area contributed by atoms with Gasteiger partial charge in [0.05, 0.1) is 18.5 Å². The molecule has 8 nitrogen and oxygen atoms in total. The van der Waals surface area contributed by atoms with Gasteiger partial charge in [-0.1, -0.05) is 30.3 Å². The van der Waals surface area contributed by atoms with Crippen molar-refractivity contribution in [3.05, 3.63) is 47.0 Å². The highest BCUT2D eigenvalue weighted by molar-refractivity contribution is 7.13. The van der Waals surface area contributed by atoms with Gasteiger partial charge in [-0.15, -0.1) is 0 Å². The quantitative estimate of drug-likeness (QED) is 0.554. The number of carboxylic acids is 1. The van der Waals surface area contributed by atoms with Crippen molar-refractivity contribution in [2.45, 2.75) is 31.2 Å². The zero-order chi connectivity index (χ0) is 22.6. The zero-order valence-electron chi connectivity index (χ0n) is 16.1. The summed E-state index contributed by atoms with van der Waals surface area (Å²) in [4.78, 5) is 26.1. The monoisotopic (exact) mass is 456 g/mol. The molecule has 0 unspecified atom stereocenters. The van der Waals surface area contributed by atoms with Gasteiger partial charge in [-0.05, 0) is 37.5 Å². The lowest BCUT2D eigenvalue weighted by atomic mass is 9.92. The molecule has 1 fully saturated rings. The lowest BCUT2D eigenvalue weighted by Crippen LogP contribution is -2.46. The second-order valence-corrected chi connectivity index (χ2v) is 7.80. The number of carboxylic acid groups (broad SMARTS) is 1. The van der Waals surface area contributed by atoms with E-state index in [1.54, 1.807) is 0 Å². The molecule has 0 saturated carbocycles. The summed E-state index contributed by atoms with van der Waals surface area (Å²) in [5, 5.41) is 21.0. The van der Waals surface area contributed by atoms with Gasteiger partial charge in [0.2, 0.25) is 0 Å². The van der Waals surface area contributed by atoms with E-state index in [1.165, 1.54) is 22.4 Å². The van der Waals surface area contributed by atoms with Crippen LogP contribution in [0.3, 0.4) is 0 Å². The van der Waals surface area contributed by atoms with Crippen molar-refractivity contribution in [1.82, 2.24) is 19.2 Å². The minimum absolute atomic E-state index is 0.133. The van der Waals surface area contributed by atoms with Gasteiger partial charge in [0, 0.05) is 5.56 Å². The van der Waals surface area contributed by atoms with E-state index in [-0.39, 0.29) is 12.1 Å². The summed E-state index contributed by atoms with van der Waals surface area (Å²) in [6, 6.07) is 9.74. The zero-order valence-corrected chi connectivity index (χ0v) is 16.9. The van der Waals surface area contributed by atoms with Crippen LogP contribution in [-0.4, -0.2) is 55.0 Å². The Balaban J connectivity index is 0.000000339. The highest BCUT2D eigenvalue weighted by Gasteiger charge is 2.38. The molecule has 1 aliphatic heterocycles. The predicted molar refractivity (Wildman–Crippen MR) is 108 cm³/mol. The van der Waals surface area contributed by atoms with Crippen LogP contribution in [0.4, 0.5) is 13.2 Å². The van der Waals surface area contributed by atoms with E-state index < -0.39 is 17.7 Å². The highest BCUT2D eigenvalue weighted by Crippen LogP contribution is 2.27. The molecular formula is C19H19F3N4O4S. The second-order valence-electron chi connectivity index (χ2n) is 7.03. The van der Waals surface area contributed by atoms with Gasteiger partial charge in [-0.3, -0.25) is 9.36 Å². The summed E-state index contributed by atoms with van der Waals surface area (Å²) in [5.41, 5.74) is 1.33. The first-order valence-electron chi connectivity index (χ1n) is 9.24. The lowest BCUT2D eigenvalue weighted by molar-refractivity contribution is -0.192. The first-order valence-corrected chi connectivity index (χ1v) is 10.0. The summed E-state index contributed by atoms with van der Waals surface area (Å²) in [7, 11) is 0. The van der Waals surface area contributed by atoms with Crippen molar-refractivity contribution in [2.24, 2.45) is 0 Å². The topological polar surface area (TPSA) is 117 Å². The van der Waals surface area contributed by atoms with Crippen molar-refractivity contribution < 1.29 is 28.2 Å². The fraction of sp³-hybridized carbons (Fsp3) is 0.368. The fourth-order valence-electron chi connectivity index (χ4n) is 3.12. The average Bonchev–Trinajstić information content (AvgIpc) is 3.16. The number of carbonyl (C=O) groups is 1. The number of alkyl halides is 3. The molecule has 166 valence electrons. The first kappa shape index (κ1) is 22.8. The number of aliphatic hydroxyl groups is 1. The normalized spacial score (nSPS) is 15.9. The Morgan fingerprint density at radius 2 is 1.84 bits per heavy atom. The number of halogens is 3. The third-order valence-corrected chi connectivity index (χ3v) is 5.56. The molecule has 4 rings (SSSR count). The molecule has 0 amide bonds. The Hall–Kier alpha value is -2.83. The molecule has 1 aliphatic rings. The molecule has 0 bridgehead atoms. The van der Waals surface area contributed by atoms with E-state index in [2.05, 4.69) is 14.7 Å². The Morgan fingerprint density at radius 1 is 1.23 bits per heavy atom. The maximum absolute atomic E-state index is 12.8. The van der Waals surface area contributed by atoms with Gasteiger partial charge >= 0.3 is 12.1 Å². The number of benzene rings is 1. The number of rotatable bonds is 3. The molecule has 3 aromatic rings. The molecule has 0 atom stereocenters. The summed E-state index contributed by atoms with van der Waals surface area (Å²) < 4.78 is 38.2. The summed E-state index contributed by atoms with van der Waals surface area (Å²) >= 11 is 1.17. The van der Waals surface area contributed by atoms with Crippen LogP contribution in [0.15, 0.2) is 41.5 Å². The van der Waals surface area contributed by atoms with Crippen molar-refractivity contribution in [1.29, 1.82) is 0 Å². The largest absolute Gasteiger partial charge is 0.490 e. The van der Waals surface area contributed by atoms with Crippen LogP contribution in [0.1, 0.15) is 12.8 Å². The van der Waals surface area contributed by atoms with Crippen LogP contribution < -0.4 is 10.9 Å². The fourth-order valence-corrected chi connectivity index (χ4v) is 3.93. The van der Waals surface area contributed by atoms with Gasteiger partial charge in [0.15, 0.2) is 0 Å². The molecule has 3 heterocycles. The summed E-state index contributed by atoms with van der Waals surface area (Å²) in [6.07, 6.45) is -2.28. The molecule has 0 spiro atoms. The number of hydrogen-bond donors (Lipinski definition) is 3. The predicted octanol–water partition coefficient (Wildman–Crippen LogP) is 2.27. The lowest BCUT2D eigenvalue weighted by Gasteiger charge is -2.32.